The molecule has 6 nitrogen and oxygen atoms in total. The van der Waals surface area contributed by atoms with Gasteiger partial charge in [-0.05, 0) is 51.9 Å². The molecule has 0 radical (unpaired) electrons. The third-order valence-corrected chi connectivity index (χ3v) is 3.69. The van der Waals surface area contributed by atoms with Gasteiger partial charge in [0.2, 0.25) is 0 Å². The molecule has 0 unspecified atom stereocenters. The second-order valence-corrected chi connectivity index (χ2v) is 5.70. The monoisotopic (exact) mass is 291 g/mol. The van der Waals surface area contributed by atoms with E-state index >= 15 is 0 Å². The molecule has 4 N–H and O–H groups in total. The van der Waals surface area contributed by atoms with E-state index in [0.717, 1.165) is 49.6 Å². The molecular weight excluding hydrogens is 266 g/mol. The van der Waals surface area contributed by atoms with E-state index < -0.39 is 0 Å². The Balaban J connectivity index is 1.70. The number of aromatic nitrogens is 1. The summed E-state index contributed by atoms with van der Waals surface area (Å²) >= 11 is 0. The number of hydrogen-bond donors (Lipinski definition) is 3. The van der Waals surface area contributed by atoms with Crippen molar-refractivity contribution in [2.75, 3.05) is 31.5 Å². The molecule has 1 aromatic rings. The van der Waals surface area contributed by atoms with E-state index in [9.17, 15) is 4.79 Å². The van der Waals surface area contributed by atoms with Gasteiger partial charge in [-0.1, -0.05) is 0 Å². The molecule has 1 aliphatic heterocycles. The molecule has 2 heterocycles. The zero-order chi connectivity index (χ0) is 15.2. The largest absolute Gasteiger partial charge is 0.337 e. The van der Waals surface area contributed by atoms with Crippen LogP contribution in [0.15, 0.2) is 12.1 Å². The van der Waals surface area contributed by atoms with E-state index in [1.54, 1.807) is 0 Å². The number of hydrogen-bond acceptors (Lipinski definition) is 4. The second kappa shape index (κ2) is 7.38. The molecule has 2 rings (SSSR count). The molecule has 21 heavy (non-hydrogen) atoms. The Kier molecular flexibility index (Phi) is 5.52. The van der Waals surface area contributed by atoms with E-state index in [4.69, 9.17) is 5.73 Å². The number of amides is 2. The minimum Gasteiger partial charge on any atom is -0.337 e. The number of rotatable bonds is 4. The number of nitrogens with two attached hydrogens (primary N) is 1. The van der Waals surface area contributed by atoms with Gasteiger partial charge in [0, 0.05) is 36.2 Å². The molecule has 1 aliphatic rings. The van der Waals surface area contributed by atoms with Crippen molar-refractivity contribution in [2.45, 2.75) is 32.7 Å². The van der Waals surface area contributed by atoms with Crippen molar-refractivity contribution in [1.82, 2.24) is 15.2 Å². The molecule has 0 aromatic carbocycles. The molecule has 6 heteroatoms. The Morgan fingerprint density at radius 3 is 2.57 bits per heavy atom. The molecule has 0 aliphatic carbocycles. The van der Waals surface area contributed by atoms with Crippen LogP contribution in [0.3, 0.4) is 0 Å². The SMILES string of the molecule is Cc1cc(NC(=O)NCCN2CCC(N)CC2)cc(C)n1. The molecule has 1 saturated heterocycles. The van der Waals surface area contributed by atoms with Crippen molar-refractivity contribution >= 4 is 11.7 Å². The Bertz CT molecular complexity index is 463. The molecule has 2 amide bonds. The normalized spacial score (nSPS) is 16.7. The third kappa shape index (κ3) is 5.32. The highest BCUT2D eigenvalue weighted by Crippen LogP contribution is 2.10. The van der Waals surface area contributed by atoms with Gasteiger partial charge in [-0.15, -0.1) is 0 Å². The predicted molar refractivity (Wildman–Crippen MR) is 84.4 cm³/mol. The topological polar surface area (TPSA) is 83.3 Å². The lowest BCUT2D eigenvalue weighted by Crippen LogP contribution is -2.43. The van der Waals surface area contributed by atoms with E-state index in [1.165, 1.54) is 0 Å². The average Bonchev–Trinajstić information content (AvgIpc) is 2.39. The van der Waals surface area contributed by atoms with Gasteiger partial charge in [-0.2, -0.15) is 0 Å². The molecule has 1 fully saturated rings. The van der Waals surface area contributed by atoms with Gasteiger partial charge in [0.1, 0.15) is 0 Å². The van der Waals surface area contributed by atoms with Crippen LogP contribution in [0.1, 0.15) is 24.2 Å². The van der Waals surface area contributed by atoms with Gasteiger partial charge in [-0.25, -0.2) is 4.79 Å². The van der Waals surface area contributed by atoms with Gasteiger partial charge in [0.15, 0.2) is 0 Å². The minimum atomic E-state index is -0.172. The first kappa shape index (κ1) is 15.7. The molecule has 0 atom stereocenters. The third-order valence-electron chi connectivity index (χ3n) is 3.69. The fourth-order valence-electron chi connectivity index (χ4n) is 2.59. The summed E-state index contributed by atoms with van der Waals surface area (Å²) < 4.78 is 0. The number of nitrogens with zero attached hydrogens (tertiary/aromatic N) is 2. The van der Waals surface area contributed by atoms with Crippen LogP contribution in [-0.2, 0) is 0 Å². The van der Waals surface area contributed by atoms with Crippen LogP contribution in [0.2, 0.25) is 0 Å². The maximum Gasteiger partial charge on any atom is 0.319 e. The van der Waals surface area contributed by atoms with Gasteiger partial charge < -0.3 is 21.3 Å². The van der Waals surface area contributed by atoms with E-state index in [0.29, 0.717) is 12.6 Å². The van der Waals surface area contributed by atoms with Crippen LogP contribution >= 0.6 is 0 Å². The van der Waals surface area contributed by atoms with Crippen molar-refractivity contribution in [3.63, 3.8) is 0 Å². The van der Waals surface area contributed by atoms with Crippen molar-refractivity contribution in [3.8, 4) is 0 Å². The Morgan fingerprint density at radius 1 is 1.33 bits per heavy atom. The first-order valence-corrected chi connectivity index (χ1v) is 7.51. The van der Waals surface area contributed by atoms with E-state index in [2.05, 4.69) is 20.5 Å². The number of anilines is 1. The van der Waals surface area contributed by atoms with Crippen LogP contribution in [0.4, 0.5) is 10.5 Å². The highest BCUT2D eigenvalue weighted by molar-refractivity contribution is 5.89. The average molecular weight is 291 g/mol. The highest BCUT2D eigenvalue weighted by Gasteiger charge is 2.15. The standard InChI is InChI=1S/C15H25N5O/c1-11-9-14(10-12(2)18-11)19-15(21)17-5-8-20-6-3-13(16)4-7-20/h9-10,13H,3-8,16H2,1-2H3,(H2,17,18,19,21). The summed E-state index contributed by atoms with van der Waals surface area (Å²) in [6.45, 7) is 7.38. The first-order valence-electron chi connectivity index (χ1n) is 7.51. The van der Waals surface area contributed by atoms with Gasteiger partial charge in [0.25, 0.3) is 0 Å². The molecule has 0 saturated carbocycles. The lowest BCUT2D eigenvalue weighted by atomic mass is 10.1. The zero-order valence-corrected chi connectivity index (χ0v) is 12.9. The number of likely N-dealkylation sites (tertiary alicyclic amines) is 1. The molecule has 1 aromatic heterocycles. The van der Waals surface area contributed by atoms with Crippen LogP contribution in [0.25, 0.3) is 0 Å². The molecule has 0 bridgehead atoms. The summed E-state index contributed by atoms with van der Waals surface area (Å²) in [4.78, 5) is 18.5. The summed E-state index contributed by atoms with van der Waals surface area (Å²) in [5.41, 5.74) is 8.45. The lowest BCUT2D eigenvalue weighted by Gasteiger charge is -2.29. The van der Waals surface area contributed by atoms with E-state index in [1.807, 2.05) is 26.0 Å². The fraction of sp³-hybridized carbons (Fsp3) is 0.600. The number of urea groups is 1. The number of nitrogens with one attached hydrogen (secondary N) is 2. The number of pyridine rings is 1. The first-order chi connectivity index (χ1) is 10.0. The quantitative estimate of drug-likeness (QED) is 0.779. The molecular formula is C15H25N5O. The van der Waals surface area contributed by atoms with E-state index in [-0.39, 0.29) is 6.03 Å². The summed E-state index contributed by atoms with van der Waals surface area (Å²) in [6.07, 6.45) is 2.09. The van der Waals surface area contributed by atoms with Crippen LogP contribution < -0.4 is 16.4 Å². The fourth-order valence-corrected chi connectivity index (χ4v) is 2.59. The van der Waals surface area contributed by atoms with Gasteiger partial charge in [0.05, 0.1) is 0 Å². The molecule has 116 valence electrons. The Labute approximate surface area is 126 Å². The maximum absolute atomic E-state index is 11.8. The summed E-state index contributed by atoms with van der Waals surface area (Å²) in [6, 6.07) is 3.89. The zero-order valence-electron chi connectivity index (χ0n) is 12.9. The number of carbonyl (C=O) groups is 1. The van der Waals surface area contributed by atoms with Gasteiger partial charge >= 0.3 is 6.03 Å². The number of aryl methyl sites for hydroxylation is 2. The summed E-state index contributed by atoms with van der Waals surface area (Å²) in [5, 5.41) is 5.73. The Hall–Kier alpha value is -1.66. The molecule has 0 spiro atoms. The lowest BCUT2D eigenvalue weighted by molar-refractivity contribution is 0.212. The minimum absolute atomic E-state index is 0.172. The van der Waals surface area contributed by atoms with Crippen molar-refractivity contribution in [3.05, 3.63) is 23.5 Å². The number of piperidine rings is 1. The smallest absolute Gasteiger partial charge is 0.319 e. The summed E-state index contributed by atoms with van der Waals surface area (Å²) in [5.74, 6) is 0. The van der Waals surface area contributed by atoms with Crippen molar-refractivity contribution < 1.29 is 4.79 Å². The second-order valence-electron chi connectivity index (χ2n) is 5.70. The Morgan fingerprint density at radius 2 is 1.95 bits per heavy atom. The van der Waals surface area contributed by atoms with Crippen LogP contribution in [-0.4, -0.2) is 48.1 Å². The highest BCUT2D eigenvalue weighted by atomic mass is 16.2. The van der Waals surface area contributed by atoms with Crippen molar-refractivity contribution in [2.24, 2.45) is 5.73 Å². The number of carbonyl (C=O) groups excluding carboxylic acids is 1. The van der Waals surface area contributed by atoms with Crippen LogP contribution in [0, 0.1) is 13.8 Å². The van der Waals surface area contributed by atoms with Crippen molar-refractivity contribution in [1.29, 1.82) is 0 Å². The van der Waals surface area contributed by atoms with Crippen LogP contribution in [0.5, 0.6) is 0 Å². The van der Waals surface area contributed by atoms with Gasteiger partial charge in [-0.3, -0.25) is 4.98 Å². The maximum atomic E-state index is 11.8. The summed E-state index contributed by atoms with van der Waals surface area (Å²) in [7, 11) is 0. The predicted octanol–water partition coefficient (Wildman–Crippen LogP) is 1.24.